The van der Waals surface area contributed by atoms with Crippen LogP contribution in [0.5, 0.6) is 0 Å². The summed E-state index contributed by atoms with van der Waals surface area (Å²) in [5.41, 5.74) is -0.644. The van der Waals surface area contributed by atoms with Gasteiger partial charge in [0.2, 0.25) is 0 Å². The third-order valence-corrected chi connectivity index (χ3v) is 3.47. The zero-order valence-electron chi connectivity index (χ0n) is 11.1. The van der Waals surface area contributed by atoms with Crippen LogP contribution < -0.4 is 5.32 Å². The molecule has 1 saturated heterocycles. The molecule has 0 saturated carbocycles. The Balaban J connectivity index is 2.78. The Morgan fingerprint density at radius 2 is 1.47 bits per heavy atom. The molecule has 0 amide bonds. The van der Waals surface area contributed by atoms with E-state index in [1.54, 1.807) is 0 Å². The van der Waals surface area contributed by atoms with E-state index in [0.29, 0.717) is 0 Å². The molecule has 0 aromatic carbocycles. The molecule has 88 valence electrons. The van der Waals surface area contributed by atoms with Gasteiger partial charge in [-0.1, -0.05) is 6.92 Å². The lowest BCUT2D eigenvalue weighted by Crippen LogP contribution is -2.54. The summed E-state index contributed by atoms with van der Waals surface area (Å²) < 4.78 is 12.0. The number of rotatable bonds is 3. The standard InChI is InChI=1S/C11H24BNO2/c1-8-13-11(6,7)12-14-9(2,3)10(4,5)15-12/h13H,8H2,1-7H3. The van der Waals surface area contributed by atoms with Crippen molar-refractivity contribution < 1.29 is 9.31 Å². The maximum atomic E-state index is 6.00. The lowest BCUT2D eigenvalue weighted by atomic mass is 9.67. The topological polar surface area (TPSA) is 30.5 Å². The molecule has 0 aromatic heterocycles. The van der Waals surface area contributed by atoms with Crippen molar-refractivity contribution in [3.05, 3.63) is 0 Å². The van der Waals surface area contributed by atoms with Crippen molar-refractivity contribution in [2.75, 3.05) is 6.54 Å². The summed E-state index contributed by atoms with van der Waals surface area (Å²) in [4.78, 5) is 0. The second kappa shape index (κ2) is 3.76. The maximum absolute atomic E-state index is 6.00. The van der Waals surface area contributed by atoms with Crippen molar-refractivity contribution in [1.29, 1.82) is 0 Å². The molecule has 1 fully saturated rings. The van der Waals surface area contributed by atoms with Gasteiger partial charge in [-0.25, -0.2) is 0 Å². The first-order valence-corrected chi connectivity index (χ1v) is 5.73. The van der Waals surface area contributed by atoms with Gasteiger partial charge in [-0.15, -0.1) is 0 Å². The zero-order valence-corrected chi connectivity index (χ0v) is 11.1. The molecule has 0 spiro atoms. The molecule has 1 N–H and O–H groups in total. The fourth-order valence-electron chi connectivity index (χ4n) is 1.68. The van der Waals surface area contributed by atoms with Crippen molar-refractivity contribution in [3.8, 4) is 0 Å². The van der Waals surface area contributed by atoms with Gasteiger partial charge in [0, 0.05) is 5.44 Å². The zero-order chi connectivity index (χ0) is 11.9. The maximum Gasteiger partial charge on any atom is 0.478 e. The predicted octanol–water partition coefficient (Wildman–Crippen LogP) is 2.01. The molecule has 1 aliphatic rings. The molecule has 1 rings (SSSR count). The van der Waals surface area contributed by atoms with Crippen LogP contribution in [-0.4, -0.2) is 30.3 Å². The summed E-state index contributed by atoms with van der Waals surface area (Å²) in [6.45, 7) is 15.5. The van der Waals surface area contributed by atoms with Crippen LogP contribution in [0.3, 0.4) is 0 Å². The van der Waals surface area contributed by atoms with Crippen LogP contribution in [0.4, 0.5) is 0 Å². The lowest BCUT2D eigenvalue weighted by molar-refractivity contribution is 0.00578. The van der Waals surface area contributed by atoms with Crippen LogP contribution in [0, 0.1) is 0 Å². The van der Waals surface area contributed by atoms with E-state index in [9.17, 15) is 0 Å². The average molecular weight is 213 g/mol. The van der Waals surface area contributed by atoms with E-state index in [1.807, 2.05) is 0 Å². The molecule has 0 radical (unpaired) electrons. The molecule has 0 unspecified atom stereocenters. The van der Waals surface area contributed by atoms with Crippen LogP contribution >= 0.6 is 0 Å². The molecular weight excluding hydrogens is 189 g/mol. The highest BCUT2D eigenvalue weighted by Crippen LogP contribution is 2.39. The van der Waals surface area contributed by atoms with Crippen LogP contribution in [0.25, 0.3) is 0 Å². The van der Waals surface area contributed by atoms with E-state index >= 15 is 0 Å². The summed E-state index contributed by atoms with van der Waals surface area (Å²) in [6.07, 6.45) is 0. The number of nitrogens with one attached hydrogen (secondary N) is 1. The van der Waals surface area contributed by atoms with Gasteiger partial charge in [0.15, 0.2) is 0 Å². The molecule has 0 aromatic rings. The Morgan fingerprint density at radius 3 is 1.80 bits per heavy atom. The molecular formula is C11H24BNO2. The van der Waals surface area contributed by atoms with Crippen molar-refractivity contribution in [2.45, 2.75) is 65.1 Å². The summed E-state index contributed by atoms with van der Waals surface area (Å²) in [6, 6.07) is 0. The van der Waals surface area contributed by atoms with E-state index < -0.39 is 0 Å². The number of hydrogen-bond acceptors (Lipinski definition) is 3. The minimum absolute atomic E-state index is 0.153. The molecule has 15 heavy (non-hydrogen) atoms. The molecule has 0 aliphatic carbocycles. The van der Waals surface area contributed by atoms with Gasteiger partial charge in [-0.2, -0.15) is 0 Å². The molecule has 4 heteroatoms. The molecule has 1 aliphatic heterocycles. The summed E-state index contributed by atoms with van der Waals surface area (Å²) in [7, 11) is -0.192. The van der Waals surface area contributed by atoms with E-state index in [-0.39, 0.29) is 23.8 Å². The highest BCUT2D eigenvalue weighted by molar-refractivity contribution is 6.49. The van der Waals surface area contributed by atoms with Crippen LogP contribution in [-0.2, 0) is 9.31 Å². The summed E-state index contributed by atoms with van der Waals surface area (Å²) >= 11 is 0. The second-order valence-electron chi connectivity index (χ2n) is 5.84. The van der Waals surface area contributed by atoms with Crippen LogP contribution in [0.2, 0.25) is 0 Å². The molecule has 0 atom stereocenters. The Kier molecular flexibility index (Phi) is 3.26. The first kappa shape index (κ1) is 13.0. The Labute approximate surface area is 94.1 Å². The fourth-order valence-corrected chi connectivity index (χ4v) is 1.68. The SMILES string of the molecule is CCNC(C)(C)B1OC(C)(C)C(C)(C)O1. The largest absolute Gasteiger partial charge is 0.478 e. The van der Waals surface area contributed by atoms with E-state index in [1.165, 1.54) is 0 Å². The van der Waals surface area contributed by atoms with Crippen LogP contribution in [0.1, 0.15) is 48.5 Å². The highest BCUT2D eigenvalue weighted by Gasteiger charge is 2.56. The lowest BCUT2D eigenvalue weighted by Gasteiger charge is -2.32. The minimum Gasteiger partial charge on any atom is -0.402 e. The third kappa shape index (κ3) is 2.37. The molecule has 1 heterocycles. The van der Waals surface area contributed by atoms with E-state index in [4.69, 9.17) is 9.31 Å². The predicted molar refractivity (Wildman–Crippen MR) is 63.8 cm³/mol. The highest BCUT2D eigenvalue weighted by atomic mass is 16.7. The Bertz CT molecular complexity index is 223. The first-order valence-electron chi connectivity index (χ1n) is 5.73. The van der Waals surface area contributed by atoms with Crippen LogP contribution in [0.15, 0.2) is 0 Å². The monoisotopic (exact) mass is 213 g/mol. The third-order valence-electron chi connectivity index (χ3n) is 3.47. The summed E-state index contributed by atoms with van der Waals surface area (Å²) in [5.74, 6) is 0. The van der Waals surface area contributed by atoms with Gasteiger partial charge in [0.1, 0.15) is 0 Å². The Morgan fingerprint density at radius 1 is 1.07 bits per heavy atom. The quantitative estimate of drug-likeness (QED) is 0.727. The van der Waals surface area contributed by atoms with Crippen molar-refractivity contribution in [1.82, 2.24) is 5.32 Å². The van der Waals surface area contributed by atoms with Gasteiger partial charge in [0.25, 0.3) is 0 Å². The van der Waals surface area contributed by atoms with Gasteiger partial charge in [-0.3, -0.25) is 0 Å². The normalized spacial score (nSPS) is 24.6. The van der Waals surface area contributed by atoms with E-state index in [0.717, 1.165) is 6.54 Å². The first-order chi connectivity index (χ1) is 6.62. The van der Waals surface area contributed by atoms with Gasteiger partial charge >= 0.3 is 7.12 Å². The van der Waals surface area contributed by atoms with Gasteiger partial charge in [-0.05, 0) is 48.1 Å². The smallest absolute Gasteiger partial charge is 0.402 e. The fraction of sp³-hybridized carbons (Fsp3) is 1.00. The molecule has 3 nitrogen and oxygen atoms in total. The average Bonchev–Trinajstić information content (AvgIpc) is 2.21. The number of hydrogen-bond donors (Lipinski definition) is 1. The minimum atomic E-state index is -0.246. The van der Waals surface area contributed by atoms with Crippen molar-refractivity contribution in [3.63, 3.8) is 0 Å². The van der Waals surface area contributed by atoms with Gasteiger partial charge < -0.3 is 14.6 Å². The molecule has 0 bridgehead atoms. The van der Waals surface area contributed by atoms with Crippen molar-refractivity contribution in [2.24, 2.45) is 0 Å². The van der Waals surface area contributed by atoms with Gasteiger partial charge in [0.05, 0.1) is 11.2 Å². The Hall–Kier alpha value is -0.0551. The van der Waals surface area contributed by atoms with E-state index in [2.05, 4.69) is 53.8 Å². The summed E-state index contributed by atoms with van der Waals surface area (Å²) in [5, 5.41) is 3.39. The van der Waals surface area contributed by atoms with Crippen molar-refractivity contribution >= 4 is 7.12 Å². The second-order valence-corrected chi connectivity index (χ2v) is 5.84.